The lowest BCUT2D eigenvalue weighted by atomic mass is 9.95. The summed E-state index contributed by atoms with van der Waals surface area (Å²) in [4.78, 5) is 31.6. The molecule has 3 fully saturated rings. The molecule has 6 heterocycles. The number of aliphatic hydroxyl groups is 1. The molecule has 3 saturated heterocycles. The van der Waals surface area contributed by atoms with Gasteiger partial charge in [0.2, 0.25) is 0 Å². The summed E-state index contributed by atoms with van der Waals surface area (Å²) in [7, 11) is 0. The van der Waals surface area contributed by atoms with Crippen molar-refractivity contribution >= 4 is 77.2 Å². The third-order valence-corrected chi connectivity index (χ3v) is 12.0. The first-order valence-corrected chi connectivity index (χ1v) is 18.6. The molecule has 270 valence electrons. The SMILES string of the molecule is N#Cc1c(N)sc2c(F)ccc(-c3c(Cl)cc4c(N5CCN(C(=O)Nc6nccs6)CC(O)C5)nc(OC[C@@]56CCCN5C[C@H](F)C6)nc4c3F)c12. The molecule has 0 spiro atoms. The van der Waals surface area contributed by atoms with Crippen molar-refractivity contribution in [1.82, 2.24) is 24.8 Å². The Morgan fingerprint density at radius 2 is 2.08 bits per heavy atom. The number of hydrogen-bond acceptors (Lipinski definition) is 12. The first-order chi connectivity index (χ1) is 25.0. The van der Waals surface area contributed by atoms with Crippen LogP contribution in [0.3, 0.4) is 0 Å². The highest BCUT2D eigenvalue weighted by atomic mass is 35.5. The lowest BCUT2D eigenvalue weighted by Gasteiger charge is -2.31. The minimum atomic E-state index is -1.02. The summed E-state index contributed by atoms with van der Waals surface area (Å²) >= 11 is 8.99. The van der Waals surface area contributed by atoms with E-state index in [0.717, 1.165) is 36.8 Å². The normalized spacial score (nSPS) is 22.2. The number of nitrogens with one attached hydrogen (secondary N) is 1. The Labute approximate surface area is 308 Å². The Morgan fingerprint density at radius 1 is 1.23 bits per heavy atom. The van der Waals surface area contributed by atoms with Gasteiger partial charge in [0.1, 0.15) is 41.0 Å². The molecule has 2 aromatic carbocycles. The van der Waals surface area contributed by atoms with Crippen molar-refractivity contribution in [3.8, 4) is 23.2 Å². The Morgan fingerprint density at radius 3 is 2.87 bits per heavy atom. The smallest absolute Gasteiger partial charge is 0.323 e. The molecule has 52 heavy (non-hydrogen) atoms. The van der Waals surface area contributed by atoms with Crippen molar-refractivity contribution in [1.29, 1.82) is 5.26 Å². The van der Waals surface area contributed by atoms with Crippen LogP contribution in [0.5, 0.6) is 6.01 Å². The number of benzene rings is 2. The number of carbonyl (C=O) groups excluding carboxylic acids is 1. The van der Waals surface area contributed by atoms with Gasteiger partial charge in [-0.15, -0.1) is 22.7 Å². The number of fused-ring (bicyclic) bond motifs is 3. The molecule has 0 aliphatic carbocycles. The van der Waals surface area contributed by atoms with Crippen molar-refractivity contribution < 1.29 is 27.8 Å². The molecule has 3 aliphatic heterocycles. The van der Waals surface area contributed by atoms with E-state index in [0.29, 0.717) is 18.1 Å². The largest absolute Gasteiger partial charge is 0.461 e. The van der Waals surface area contributed by atoms with Gasteiger partial charge in [0, 0.05) is 60.5 Å². The van der Waals surface area contributed by atoms with Crippen LogP contribution in [0, 0.1) is 23.0 Å². The monoisotopic (exact) mass is 769 g/mol. The van der Waals surface area contributed by atoms with Crippen LogP contribution >= 0.6 is 34.3 Å². The van der Waals surface area contributed by atoms with Crippen molar-refractivity contribution in [3.63, 3.8) is 0 Å². The van der Waals surface area contributed by atoms with E-state index in [9.17, 15) is 23.9 Å². The molecule has 0 radical (unpaired) electrons. The number of aliphatic hydroxyl groups excluding tert-OH is 1. The van der Waals surface area contributed by atoms with Crippen LogP contribution in [0.15, 0.2) is 29.8 Å². The summed E-state index contributed by atoms with van der Waals surface area (Å²) in [5.41, 5.74) is 5.38. The number of thiophene rings is 1. The number of aromatic nitrogens is 3. The summed E-state index contributed by atoms with van der Waals surface area (Å²) in [6.45, 7) is 1.52. The summed E-state index contributed by atoms with van der Waals surface area (Å²) < 4.78 is 52.9. The number of halogens is 4. The predicted octanol–water partition coefficient (Wildman–Crippen LogP) is 6.02. The minimum Gasteiger partial charge on any atom is -0.461 e. The maximum absolute atomic E-state index is 17.1. The zero-order chi connectivity index (χ0) is 36.3. The van der Waals surface area contributed by atoms with Crippen molar-refractivity contribution in [2.24, 2.45) is 0 Å². The number of nitriles is 1. The quantitative estimate of drug-likeness (QED) is 0.187. The van der Waals surface area contributed by atoms with Gasteiger partial charge >= 0.3 is 12.0 Å². The molecular formula is C34H31ClF3N9O3S2. The molecule has 0 bridgehead atoms. The number of β-amino-alcohol motifs (C(OH)–C–C–N with tert-alkyl or cyclic N) is 1. The Bertz CT molecular complexity index is 2250. The molecule has 5 aromatic rings. The molecule has 4 N–H and O–H groups in total. The van der Waals surface area contributed by atoms with Crippen LogP contribution in [0.4, 0.5) is 33.9 Å². The molecule has 18 heteroatoms. The number of alkyl halides is 1. The number of nitrogen functional groups attached to an aromatic ring is 1. The van der Waals surface area contributed by atoms with Gasteiger partial charge in [-0.25, -0.2) is 22.9 Å². The van der Waals surface area contributed by atoms with Gasteiger partial charge in [-0.05, 0) is 37.1 Å². The number of ether oxygens (including phenoxy) is 1. The highest BCUT2D eigenvalue weighted by Gasteiger charge is 2.49. The molecule has 3 aliphatic rings. The fraction of sp³-hybridized carbons (Fsp3) is 0.382. The summed E-state index contributed by atoms with van der Waals surface area (Å²) in [5, 5.41) is 26.2. The number of nitrogens with two attached hydrogens (primary N) is 1. The number of urea groups is 1. The number of thiazole rings is 1. The third kappa shape index (κ3) is 6.01. The van der Waals surface area contributed by atoms with E-state index in [1.165, 1.54) is 28.4 Å². The van der Waals surface area contributed by atoms with Gasteiger partial charge in [-0.1, -0.05) is 17.7 Å². The van der Waals surface area contributed by atoms with Crippen LogP contribution in [0.25, 0.3) is 32.1 Å². The molecule has 1 unspecified atom stereocenters. The van der Waals surface area contributed by atoms with Gasteiger partial charge in [0.15, 0.2) is 10.9 Å². The van der Waals surface area contributed by atoms with E-state index >= 15 is 4.39 Å². The minimum absolute atomic E-state index is 0.00238. The number of amides is 2. The van der Waals surface area contributed by atoms with E-state index in [-0.39, 0.29) is 92.3 Å². The average molecular weight is 770 g/mol. The standard InChI is InChI=1S/C34H31ClF3N9O3S2/c35-22-10-20-27(26(38)25(22)19-2-3-23(37)28-24(19)21(12-39)29(40)52-28)42-31(50-16-34-4-1-6-47(34)13-17(36)11-34)43-30(20)45-7-8-46(15-18(48)14-45)33(49)44-32-41-5-9-51-32/h2-3,5,9-10,17-18,48H,1,4,6-8,11,13-16,40H2,(H,41,44,49)/t17-,18?,34+/m1/s1. The lowest BCUT2D eigenvalue weighted by Crippen LogP contribution is -2.43. The van der Waals surface area contributed by atoms with E-state index in [2.05, 4.69) is 20.2 Å². The molecule has 2 amide bonds. The van der Waals surface area contributed by atoms with Gasteiger partial charge in [0.05, 0.1) is 33.5 Å². The van der Waals surface area contributed by atoms with Gasteiger partial charge in [-0.3, -0.25) is 10.2 Å². The Balaban J connectivity index is 1.23. The maximum Gasteiger partial charge on any atom is 0.323 e. The zero-order valence-corrected chi connectivity index (χ0v) is 29.8. The maximum atomic E-state index is 17.1. The van der Waals surface area contributed by atoms with E-state index in [1.807, 2.05) is 6.07 Å². The molecule has 3 atom stereocenters. The van der Waals surface area contributed by atoms with Crippen molar-refractivity contribution in [2.45, 2.75) is 37.1 Å². The second-order valence-corrected chi connectivity index (χ2v) is 15.6. The average Bonchev–Trinajstić information content (AvgIpc) is 3.87. The van der Waals surface area contributed by atoms with Gasteiger partial charge in [0.25, 0.3) is 0 Å². The van der Waals surface area contributed by atoms with E-state index < -0.39 is 35.5 Å². The third-order valence-electron chi connectivity index (χ3n) is 10.0. The van der Waals surface area contributed by atoms with Crippen LogP contribution in [-0.2, 0) is 0 Å². The molecule has 8 rings (SSSR count). The number of hydrogen-bond donors (Lipinski definition) is 3. The second-order valence-electron chi connectivity index (χ2n) is 13.2. The second kappa shape index (κ2) is 13.5. The summed E-state index contributed by atoms with van der Waals surface area (Å²) in [6.07, 6.45) is 1.46. The van der Waals surface area contributed by atoms with E-state index in [4.69, 9.17) is 27.1 Å². The van der Waals surface area contributed by atoms with Gasteiger partial charge in [-0.2, -0.15) is 15.2 Å². The Hall–Kier alpha value is -4.47. The topological polar surface area (TPSA) is 157 Å². The summed E-state index contributed by atoms with van der Waals surface area (Å²) in [6, 6.07) is 5.39. The number of carbonyl (C=O) groups is 1. The van der Waals surface area contributed by atoms with Gasteiger partial charge < -0.3 is 25.4 Å². The molecule has 0 saturated carbocycles. The first-order valence-electron chi connectivity index (χ1n) is 16.6. The van der Waals surface area contributed by atoms with Crippen LogP contribution in [0.1, 0.15) is 24.8 Å². The molecule has 3 aromatic heterocycles. The fourth-order valence-corrected chi connectivity index (χ4v) is 9.45. The highest BCUT2D eigenvalue weighted by Crippen LogP contribution is 2.46. The number of anilines is 3. The number of nitrogens with zero attached hydrogens (tertiary/aromatic N) is 7. The Kier molecular flexibility index (Phi) is 8.98. The van der Waals surface area contributed by atoms with Crippen LogP contribution in [-0.4, -0.2) is 99.6 Å². The lowest BCUT2D eigenvalue weighted by molar-refractivity contribution is 0.107. The molecular weight excluding hydrogens is 739 g/mol. The highest BCUT2D eigenvalue weighted by molar-refractivity contribution is 7.23. The molecule has 12 nitrogen and oxygen atoms in total. The number of rotatable bonds is 6. The van der Waals surface area contributed by atoms with Crippen molar-refractivity contribution in [2.75, 3.05) is 61.8 Å². The fourth-order valence-electron chi connectivity index (χ4n) is 7.69. The van der Waals surface area contributed by atoms with Crippen LogP contribution < -0.4 is 20.7 Å². The zero-order valence-electron chi connectivity index (χ0n) is 27.4. The first kappa shape index (κ1) is 34.6. The van der Waals surface area contributed by atoms with Crippen molar-refractivity contribution in [3.05, 3.63) is 52.0 Å². The summed E-state index contributed by atoms with van der Waals surface area (Å²) in [5.74, 6) is -1.29. The van der Waals surface area contributed by atoms with Crippen LogP contribution in [0.2, 0.25) is 5.02 Å². The van der Waals surface area contributed by atoms with E-state index in [1.54, 1.807) is 16.5 Å². The predicted molar refractivity (Wildman–Crippen MR) is 194 cm³/mol.